The first-order valence-corrected chi connectivity index (χ1v) is 5.68. The standard InChI is InChI=1S/C8H13BrN4S/c1-8(2,3)4-5(9)14-7(12-4)13-6(10)11/h1-3H3,(H4,10,11,12,13). The van der Waals surface area contributed by atoms with Crippen LogP contribution >= 0.6 is 27.3 Å². The molecule has 0 aromatic carbocycles. The topological polar surface area (TPSA) is 77.3 Å². The van der Waals surface area contributed by atoms with Crippen molar-refractivity contribution in [3.63, 3.8) is 0 Å². The van der Waals surface area contributed by atoms with E-state index < -0.39 is 0 Å². The van der Waals surface area contributed by atoms with Gasteiger partial charge in [0.2, 0.25) is 5.13 Å². The first-order valence-electron chi connectivity index (χ1n) is 4.07. The molecule has 78 valence electrons. The van der Waals surface area contributed by atoms with Crippen LogP contribution in [-0.2, 0) is 5.41 Å². The Morgan fingerprint density at radius 3 is 2.36 bits per heavy atom. The van der Waals surface area contributed by atoms with Gasteiger partial charge in [-0.25, -0.2) is 4.98 Å². The van der Waals surface area contributed by atoms with Crippen LogP contribution < -0.4 is 11.5 Å². The summed E-state index contributed by atoms with van der Waals surface area (Å²) in [7, 11) is 0. The third-order valence-electron chi connectivity index (χ3n) is 1.51. The monoisotopic (exact) mass is 276 g/mol. The van der Waals surface area contributed by atoms with Crippen LogP contribution in [0, 0.1) is 0 Å². The predicted molar refractivity (Wildman–Crippen MR) is 64.0 cm³/mol. The Morgan fingerprint density at radius 2 is 2.00 bits per heavy atom. The zero-order chi connectivity index (χ0) is 10.9. The molecule has 0 aliphatic heterocycles. The van der Waals surface area contributed by atoms with Gasteiger partial charge in [-0.15, -0.1) is 0 Å². The summed E-state index contributed by atoms with van der Waals surface area (Å²) in [5.41, 5.74) is 11.5. The van der Waals surface area contributed by atoms with Crippen molar-refractivity contribution in [2.75, 3.05) is 0 Å². The van der Waals surface area contributed by atoms with Crippen molar-refractivity contribution in [3.8, 4) is 0 Å². The first-order chi connectivity index (χ1) is 6.30. The lowest BCUT2D eigenvalue weighted by Gasteiger charge is -2.15. The molecule has 0 fully saturated rings. The minimum atomic E-state index is -0.00748. The third-order valence-corrected chi connectivity index (χ3v) is 3.11. The average molecular weight is 277 g/mol. The first kappa shape index (κ1) is 11.5. The van der Waals surface area contributed by atoms with Crippen LogP contribution in [-0.4, -0.2) is 10.9 Å². The van der Waals surface area contributed by atoms with Gasteiger partial charge in [0.05, 0.1) is 9.48 Å². The largest absolute Gasteiger partial charge is 0.370 e. The number of thiazole rings is 1. The summed E-state index contributed by atoms with van der Waals surface area (Å²) in [5.74, 6) is 0.0340. The lowest BCUT2D eigenvalue weighted by atomic mass is 9.93. The molecule has 4 nitrogen and oxygen atoms in total. The summed E-state index contributed by atoms with van der Waals surface area (Å²) in [4.78, 5) is 8.25. The highest BCUT2D eigenvalue weighted by molar-refractivity contribution is 9.11. The van der Waals surface area contributed by atoms with Gasteiger partial charge < -0.3 is 11.5 Å². The van der Waals surface area contributed by atoms with E-state index in [9.17, 15) is 0 Å². The molecule has 1 aromatic heterocycles. The number of aliphatic imine (C=N–C) groups is 1. The number of hydrogen-bond acceptors (Lipinski definition) is 3. The number of nitrogens with two attached hydrogens (primary N) is 2. The Hall–Kier alpha value is -0.620. The van der Waals surface area contributed by atoms with E-state index in [0.29, 0.717) is 5.13 Å². The van der Waals surface area contributed by atoms with Crippen molar-refractivity contribution in [2.24, 2.45) is 16.5 Å². The van der Waals surface area contributed by atoms with Crippen LogP contribution in [0.3, 0.4) is 0 Å². The van der Waals surface area contributed by atoms with Gasteiger partial charge in [0.1, 0.15) is 0 Å². The van der Waals surface area contributed by atoms with E-state index in [2.05, 4.69) is 46.7 Å². The summed E-state index contributed by atoms with van der Waals surface area (Å²) in [6, 6.07) is 0. The van der Waals surface area contributed by atoms with Gasteiger partial charge in [0, 0.05) is 5.41 Å². The number of aromatic nitrogens is 1. The second-order valence-electron chi connectivity index (χ2n) is 3.91. The van der Waals surface area contributed by atoms with Crippen molar-refractivity contribution in [2.45, 2.75) is 26.2 Å². The molecule has 0 spiro atoms. The molecule has 0 unspecified atom stereocenters. The molecule has 0 aliphatic carbocycles. The molecule has 1 aromatic rings. The van der Waals surface area contributed by atoms with Gasteiger partial charge in [-0.2, -0.15) is 4.99 Å². The number of hydrogen-bond donors (Lipinski definition) is 2. The number of halogens is 1. The van der Waals surface area contributed by atoms with E-state index in [4.69, 9.17) is 11.5 Å². The van der Waals surface area contributed by atoms with Crippen molar-refractivity contribution in [1.82, 2.24) is 4.98 Å². The van der Waals surface area contributed by atoms with Crippen molar-refractivity contribution >= 4 is 38.4 Å². The molecule has 0 amide bonds. The molecule has 0 aliphatic rings. The molecule has 0 bridgehead atoms. The molecule has 0 saturated heterocycles. The molecule has 4 N–H and O–H groups in total. The SMILES string of the molecule is CC(C)(C)c1nc(N=C(N)N)sc1Br. The maximum atomic E-state index is 5.27. The molecule has 1 heterocycles. The summed E-state index contributed by atoms with van der Waals surface area (Å²) >= 11 is 4.88. The Kier molecular flexibility index (Phi) is 3.16. The van der Waals surface area contributed by atoms with Gasteiger partial charge in [0.15, 0.2) is 5.96 Å². The summed E-state index contributed by atoms with van der Waals surface area (Å²) in [6.45, 7) is 6.27. The molecule has 1 rings (SSSR count). The second-order valence-corrected chi connectivity index (χ2v) is 6.20. The summed E-state index contributed by atoms with van der Waals surface area (Å²) < 4.78 is 0.977. The maximum absolute atomic E-state index is 5.27. The second kappa shape index (κ2) is 3.86. The van der Waals surface area contributed by atoms with Gasteiger partial charge >= 0.3 is 0 Å². The fourth-order valence-corrected chi connectivity index (χ4v) is 2.93. The minimum absolute atomic E-state index is 0.00748. The quantitative estimate of drug-likeness (QED) is 0.609. The van der Waals surface area contributed by atoms with E-state index in [0.717, 1.165) is 9.48 Å². The van der Waals surface area contributed by atoms with Crippen LogP contribution in [0.25, 0.3) is 0 Å². The van der Waals surface area contributed by atoms with Crippen LogP contribution in [0.2, 0.25) is 0 Å². The van der Waals surface area contributed by atoms with Crippen LogP contribution in [0.5, 0.6) is 0 Å². The average Bonchev–Trinajstić information content (AvgIpc) is 2.27. The maximum Gasteiger partial charge on any atom is 0.213 e. The zero-order valence-electron chi connectivity index (χ0n) is 8.34. The van der Waals surface area contributed by atoms with Gasteiger partial charge in [-0.1, -0.05) is 32.1 Å². The predicted octanol–water partition coefficient (Wildman–Crippen LogP) is 2.11. The molecule has 14 heavy (non-hydrogen) atoms. The molecular weight excluding hydrogens is 264 g/mol. The van der Waals surface area contributed by atoms with Crippen molar-refractivity contribution < 1.29 is 0 Å². The van der Waals surface area contributed by atoms with Gasteiger partial charge in [0.25, 0.3) is 0 Å². The Bertz CT molecular complexity index is 360. The normalized spacial score (nSPS) is 11.4. The Labute approximate surface area is 95.6 Å². The Morgan fingerprint density at radius 1 is 1.43 bits per heavy atom. The number of nitrogens with zero attached hydrogens (tertiary/aromatic N) is 2. The summed E-state index contributed by atoms with van der Waals surface area (Å²) in [5, 5.41) is 0.585. The zero-order valence-corrected chi connectivity index (χ0v) is 10.7. The van der Waals surface area contributed by atoms with Crippen LogP contribution in [0.1, 0.15) is 26.5 Å². The minimum Gasteiger partial charge on any atom is -0.370 e. The molecule has 0 saturated carbocycles. The highest BCUT2D eigenvalue weighted by atomic mass is 79.9. The smallest absolute Gasteiger partial charge is 0.213 e. The number of rotatable bonds is 1. The number of guanidine groups is 1. The summed E-state index contributed by atoms with van der Waals surface area (Å²) in [6.07, 6.45) is 0. The molecule has 0 atom stereocenters. The Balaban J connectivity index is 3.12. The van der Waals surface area contributed by atoms with Crippen molar-refractivity contribution in [1.29, 1.82) is 0 Å². The van der Waals surface area contributed by atoms with Gasteiger partial charge in [-0.05, 0) is 15.9 Å². The molecule has 6 heteroatoms. The highest BCUT2D eigenvalue weighted by Gasteiger charge is 2.21. The lowest BCUT2D eigenvalue weighted by molar-refractivity contribution is 0.570. The van der Waals surface area contributed by atoms with E-state index in [1.807, 2.05) is 0 Å². The van der Waals surface area contributed by atoms with E-state index >= 15 is 0 Å². The van der Waals surface area contributed by atoms with Gasteiger partial charge in [-0.3, -0.25) is 0 Å². The molecule has 0 radical (unpaired) electrons. The van der Waals surface area contributed by atoms with E-state index in [1.54, 1.807) is 0 Å². The van der Waals surface area contributed by atoms with Crippen LogP contribution in [0.4, 0.5) is 5.13 Å². The highest BCUT2D eigenvalue weighted by Crippen LogP contribution is 2.36. The lowest BCUT2D eigenvalue weighted by Crippen LogP contribution is -2.21. The van der Waals surface area contributed by atoms with E-state index in [1.165, 1.54) is 11.3 Å². The fraction of sp³-hybridized carbons (Fsp3) is 0.500. The van der Waals surface area contributed by atoms with Crippen molar-refractivity contribution in [3.05, 3.63) is 9.48 Å². The molecular formula is C8H13BrN4S. The van der Waals surface area contributed by atoms with Crippen LogP contribution in [0.15, 0.2) is 8.78 Å². The fourth-order valence-electron chi connectivity index (χ4n) is 0.912. The third kappa shape index (κ3) is 2.68. The van der Waals surface area contributed by atoms with E-state index in [-0.39, 0.29) is 11.4 Å².